The van der Waals surface area contributed by atoms with Crippen LogP contribution in [-0.4, -0.2) is 23.0 Å². The summed E-state index contributed by atoms with van der Waals surface area (Å²) < 4.78 is 0. The molecule has 1 aliphatic carbocycles. The van der Waals surface area contributed by atoms with Crippen molar-refractivity contribution in [1.29, 1.82) is 0 Å². The van der Waals surface area contributed by atoms with E-state index in [4.69, 9.17) is 5.11 Å². The Kier molecular flexibility index (Phi) is 5.45. The number of amides is 1. The van der Waals surface area contributed by atoms with Gasteiger partial charge in [0.05, 0.1) is 0 Å². The summed E-state index contributed by atoms with van der Waals surface area (Å²) >= 11 is 0. The molecule has 0 aromatic heterocycles. The Morgan fingerprint density at radius 1 is 1.29 bits per heavy atom. The molecule has 0 bridgehead atoms. The summed E-state index contributed by atoms with van der Waals surface area (Å²) in [7, 11) is 0. The minimum Gasteiger partial charge on any atom is -0.480 e. The third-order valence-electron chi connectivity index (χ3n) is 3.75. The molecule has 1 aliphatic rings. The lowest BCUT2D eigenvalue weighted by Gasteiger charge is -2.25. The number of hydrogen-bond acceptors (Lipinski definition) is 2. The Labute approximate surface area is 103 Å². The summed E-state index contributed by atoms with van der Waals surface area (Å²) in [5, 5.41) is 11.8. The monoisotopic (exact) mass is 241 g/mol. The van der Waals surface area contributed by atoms with Gasteiger partial charge in [-0.1, -0.05) is 39.5 Å². The maximum Gasteiger partial charge on any atom is 0.326 e. The molecule has 98 valence electrons. The number of nitrogens with one attached hydrogen (secondary N) is 1. The molecule has 2 N–H and O–H groups in total. The lowest BCUT2D eigenvalue weighted by Crippen LogP contribution is -2.47. The van der Waals surface area contributed by atoms with Crippen molar-refractivity contribution in [3.63, 3.8) is 0 Å². The standard InChI is InChI=1S/C13H23NO3/c1-3-9(2)11(13(16)17)14-12(15)10-7-5-4-6-8-10/h9-11H,3-8H2,1-2H3,(H,14,15)(H,16,17)/t9-,11+/m1/s1. The van der Waals surface area contributed by atoms with Crippen molar-refractivity contribution >= 4 is 11.9 Å². The highest BCUT2D eigenvalue weighted by atomic mass is 16.4. The third-order valence-corrected chi connectivity index (χ3v) is 3.75. The van der Waals surface area contributed by atoms with Gasteiger partial charge in [-0.3, -0.25) is 4.79 Å². The molecule has 0 aromatic carbocycles. The first-order valence-corrected chi connectivity index (χ1v) is 6.59. The first-order valence-electron chi connectivity index (χ1n) is 6.59. The number of aliphatic carboxylic acids is 1. The van der Waals surface area contributed by atoms with E-state index in [1.54, 1.807) is 0 Å². The smallest absolute Gasteiger partial charge is 0.326 e. The summed E-state index contributed by atoms with van der Waals surface area (Å²) in [4.78, 5) is 23.1. The Balaban J connectivity index is 2.53. The lowest BCUT2D eigenvalue weighted by atomic mass is 9.88. The third kappa shape index (κ3) is 4.02. The molecule has 0 heterocycles. The summed E-state index contributed by atoms with van der Waals surface area (Å²) in [5.41, 5.74) is 0. The van der Waals surface area contributed by atoms with Crippen molar-refractivity contribution in [3.05, 3.63) is 0 Å². The van der Waals surface area contributed by atoms with E-state index in [2.05, 4.69) is 5.32 Å². The second-order valence-electron chi connectivity index (χ2n) is 5.04. The van der Waals surface area contributed by atoms with Crippen LogP contribution in [0.4, 0.5) is 0 Å². The topological polar surface area (TPSA) is 66.4 Å². The van der Waals surface area contributed by atoms with Crippen LogP contribution in [0.15, 0.2) is 0 Å². The van der Waals surface area contributed by atoms with Gasteiger partial charge in [0, 0.05) is 5.92 Å². The largest absolute Gasteiger partial charge is 0.480 e. The Morgan fingerprint density at radius 2 is 1.88 bits per heavy atom. The molecule has 1 amide bonds. The van der Waals surface area contributed by atoms with Gasteiger partial charge in [0.15, 0.2) is 0 Å². The van der Waals surface area contributed by atoms with Crippen LogP contribution < -0.4 is 5.32 Å². The van der Waals surface area contributed by atoms with E-state index in [-0.39, 0.29) is 17.7 Å². The first-order chi connectivity index (χ1) is 8.06. The van der Waals surface area contributed by atoms with Crippen molar-refractivity contribution in [3.8, 4) is 0 Å². The van der Waals surface area contributed by atoms with E-state index in [9.17, 15) is 9.59 Å². The predicted molar refractivity (Wildman–Crippen MR) is 65.6 cm³/mol. The summed E-state index contributed by atoms with van der Waals surface area (Å²) in [6, 6.07) is -0.741. The number of carboxylic acid groups (broad SMARTS) is 1. The van der Waals surface area contributed by atoms with Gasteiger partial charge >= 0.3 is 5.97 Å². The van der Waals surface area contributed by atoms with E-state index in [1.807, 2.05) is 13.8 Å². The Hall–Kier alpha value is -1.06. The Bertz CT molecular complexity index is 272. The zero-order valence-corrected chi connectivity index (χ0v) is 10.7. The molecular formula is C13H23NO3. The number of hydrogen-bond donors (Lipinski definition) is 2. The van der Waals surface area contributed by atoms with Crippen molar-refractivity contribution < 1.29 is 14.7 Å². The van der Waals surface area contributed by atoms with Crippen molar-refractivity contribution in [2.24, 2.45) is 11.8 Å². The quantitative estimate of drug-likeness (QED) is 0.775. The molecule has 2 atom stereocenters. The molecule has 1 saturated carbocycles. The van der Waals surface area contributed by atoms with Gasteiger partial charge in [-0.2, -0.15) is 0 Å². The van der Waals surface area contributed by atoms with Gasteiger partial charge in [-0.25, -0.2) is 4.79 Å². The van der Waals surface area contributed by atoms with E-state index < -0.39 is 12.0 Å². The van der Waals surface area contributed by atoms with Crippen molar-refractivity contribution in [1.82, 2.24) is 5.32 Å². The highest BCUT2D eigenvalue weighted by Crippen LogP contribution is 2.24. The van der Waals surface area contributed by atoms with Gasteiger partial charge in [0.1, 0.15) is 6.04 Å². The molecule has 0 saturated heterocycles. The molecule has 0 spiro atoms. The lowest BCUT2D eigenvalue weighted by molar-refractivity contribution is -0.144. The number of rotatable bonds is 5. The van der Waals surface area contributed by atoms with Gasteiger partial charge in [-0.15, -0.1) is 0 Å². The molecule has 1 rings (SSSR count). The van der Waals surface area contributed by atoms with Crippen LogP contribution in [0, 0.1) is 11.8 Å². The normalized spacial score (nSPS) is 20.6. The van der Waals surface area contributed by atoms with Crippen LogP contribution in [0.2, 0.25) is 0 Å². The molecule has 0 unspecified atom stereocenters. The first kappa shape index (κ1) is 14.0. The minimum absolute atomic E-state index is 0.0228. The van der Waals surface area contributed by atoms with Crippen molar-refractivity contribution in [2.75, 3.05) is 0 Å². The molecular weight excluding hydrogens is 218 g/mol. The van der Waals surface area contributed by atoms with Gasteiger partial charge in [0.2, 0.25) is 5.91 Å². The van der Waals surface area contributed by atoms with Crippen LogP contribution in [0.5, 0.6) is 0 Å². The highest BCUT2D eigenvalue weighted by Gasteiger charge is 2.29. The second kappa shape index (κ2) is 6.62. The average Bonchev–Trinajstić information content (AvgIpc) is 2.35. The van der Waals surface area contributed by atoms with E-state index >= 15 is 0 Å². The van der Waals surface area contributed by atoms with Gasteiger partial charge in [0.25, 0.3) is 0 Å². The molecule has 17 heavy (non-hydrogen) atoms. The maximum absolute atomic E-state index is 12.0. The van der Waals surface area contributed by atoms with Crippen LogP contribution in [-0.2, 0) is 9.59 Å². The fourth-order valence-corrected chi connectivity index (χ4v) is 2.32. The van der Waals surface area contributed by atoms with E-state index in [1.165, 1.54) is 6.42 Å². The zero-order chi connectivity index (χ0) is 12.8. The molecule has 0 aliphatic heterocycles. The average molecular weight is 241 g/mol. The highest BCUT2D eigenvalue weighted by molar-refractivity contribution is 5.85. The van der Waals surface area contributed by atoms with E-state index in [0.29, 0.717) is 0 Å². The SMILES string of the molecule is CC[C@@H](C)[C@H](NC(=O)C1CCCCC1)C(=O)O. The van der Waals surface area contributed by atoms with Gasteiger partial charge in [-0.05, 0) is 18.8 Å². The molecule has 4 nitrogen and oxygen atoms in total. The van der Waals surface area contributed by atoms with Crippen LogP contribution in [0.1, 0.15) is 52.4 Å². The van der Waals surface area contributed by atoms with E-state index in [0.717, 1.165) is 32.1 Å². The number of carboxylic acids is 1. The molecule has 4 heteroatoms. The maximum atomic E-state index is 12.0. The summed E-state index contributed by atoms with van der Waals surface area (Å²) in [6.07, 6.45) is 5.91. The summed E-state index contributed by atoms with van der Waals surface area (Å²) in [5.74, 6) is -1.00. The summed E-state index contributed by atoms with van der Waals surface area (Å²) in [6.45, 7) is 3.80. The zero-order valence-electron chi connectivity index (χ0n) is 10.7. The van der Waals surface area contributed by atoms with Crippen LogP contribution in [0.25, 0.3) is 0 Å². The van der Waals surface area contributed by atoms with Crippen molar-refractivity contribution in [2.45, 2.75) is 58.4 Å². The van der Waals surface area contributed by atoms with Gasteiger partial charge < -0.3 is 10.4 Å². The fourth-order valence-electron chi connectivity index (χ4n) is 2.32. The molecule has 0 aromatic rings. The number of carbonyl (C=O) groups is 2. The van der Waals surface area contributed by atoms with Crippen LogP contribution >= 0.6 is 0 Å². The second-order valence-corrected chi connectivity index (χ2v) is 5.04. The molecule has 1 fully saturated rings. The Morgan fingerprint density at radius 3 is 2.35 bits per heavy atom. The minimum atomic E-state index is -0.927. The number of carbonyl (C=O) groups excluding carboxylic acids is 1. The fraction of sp³-hybridized carbons (Fsp3) is 0.846. The van der Waals surface area contributed by atoms with Crippen LogP contribution in [0.3, 0.4) is 0 Å². The predicted octanol–water partition coefficient (Wildman–Crippen LogP) is 2.18. The molecule has 0 radical (unpaired) electrons.